The molecule has 1 aliphatic heterocycles. The zero-order chi connectivity index (χ0) is 18.7. The Morgan fingerprint density at radius 3 is 2.50 bits per heavy atom. The van der Waals surface area contributed by atoms with Gasteiger partial charge in [0.2, 0.25) is 0 Å². The van der Waals surface area contributed by atoms with Gasteiger partial charge in [0.25, 0.3) is 11.1 Å². The Kier molecular flexibility index (Phi) is 5.76. The molecule has 0 unspecified atom stereocenters. The first-order valence-electron chi connectivity index (χ1n) is 7.56. The Labute approximate surface area is 164 Å². The van der Waals surface area contributed by atoms with E-state index in [-0.39, 0.29) is 29.0 Å². The van der Waals surface area contributed by atoms with Crippen molar-refractivity contribution >= 4 is 52.2 Å². The number of hydrogen-bond acceptors (Lipinski definition) is 5. The summed E-state index contributed by atoms with van der Waals surface area (Å²) in [6, 6.07) is 11.3. The minimum atomic E-state index is -0.431. The second-order valence-electron chi connectivity index (χ2n) is 5.34. The van der Waals surface area contributed by atoms with Gasteiger partial charge < -0.3 is 9.84 Å². The summed E-state index contributed by atoms with van der Waals surface area (Å²) >= 11 is 12.5. The molecule has 1 heterocycles. The molecule has 0 aromatic heterocycles. The summed E-state index contributed by atoms with van der Waals surface area (Å²) in [5.41, 5.74) is 0.375. The first-order chi connectivity index (χ1) is 12.4. The van der Waals surface area contributed by atoms with Gasteiger partial charge in [-0.15, -0.1) is 0 Å². The molecule has 2 aromatic rings. The van der Waals surface area contributed by atoms with Gasteiger partial charge >= 0.3 is 0 Å². The minimum absolute atomic E-state index is 0.0210. The monoisotopic (exact) mass is 409 g/mol. The van der Waals surface area contributed by atoms with Crippen LogP contribution in [0.15, 0.2) is 47.4 Å². The summed E-state index contributed by atoms with van der Waals surface area (Å²) in [7, 11) is 0. The highest BCUT2D eigenvalue weighted by Gasteiger charge is 2.34. The van der Waals surface area contributed by atoms with Crippen molar-refractivity contribution in [3.05, 3.63) is 63.0 Å². The summed E-state index contributed by atoms with van der Waals surface area (Å²) in [6.07, 6.45) is 1.45. The second kappa shape index (κ2) is 8.03. The molecule has 0 aliphatic carbocycles. The van der Waals surface area contributed by atoms with Crippen molar-refractivity contribution in [1.29, 1.82) is 0 Å². The van der Waals surface area contributed by atoms with E-state index in [0.29, 0.717) is 21.4 Å². The lowest BCUT2D eigenvalue weighted by atomic mass is 10.2. The van der Waals surface area contributed by atoms with Crippen LogP contribution in [-0.4, -0.2) is 34.3 Å². The van der Waals surface area contributed by atoms with E-state index in [1.165, 1.54) is 24.3 Å². The van der Waals surface area contributed by atoms with Crippen molar-refractivity contribution in [1.82, 2.24) is 4.90 Å². The van der Waals surface area contributed by atoms with Gasteiger partial charge in [-0.1, -0.05) is 23.2 Å². The molecular formula is C18H13Cl2NO4S. The molecule has 1 aliphatic rings. The summed E-state index contributed by atoms with van der Waals surface area (Å²) in [5, 5.41) is 10.5. The number of benzene rings is 2. The molecule has 2 amide bonds. The van der Waals surface area contributed by atoms with Crippen molar-refractivity contribution in [2.45, 2.75) is 0 Å². The first kappa shape index (κ1) is 18.6. The number of thioether (sulfide) groups is 1. The number of carbonyl (C=O) groups is 2. The molecule has 8 heteroatoms. The molecule has 1 N–H and O–H groups in total. The fourth-order valence-electron chi connectivity index (χ4n) is 2.26. The highest BCUT2D eigenvalue weighted by atomic mass is 35.5. The van der Waals surface area contributed by atoms with E-state index in [2.05, 4.69) is 0 Å². The molecule has 2 aromatic carbocycles. The largest absolute Gasteiger partial charge is 0.507 e. The summed E-state index contributed by atoms with van der Waals surface area (Å²) in [6.45, 7) is 0.279. The average molecular weight is 410 g/mol. The molecule has 1 saturated heterocycles. The van der Waals surface area contributed by atoms with E-state index in [1.54, 1.807) is 24.3 Å². The third-order valence-electron chi connectivity index (χ3n) is 3.55. The zero-order valence-corrected chi connectivity index (χ0v) is 15.6. The topological polar surface area (TPSA) is 66.8 Å². The summed E-state index contributed by atoms with van der Waals surface area (Å²) in [4.78, 5) is 25.8. The SMILES string of the molecule is O=C1S/C(=C\c2cc(Cl)ccc2O)C(=O)N1CCOc1ccc(Cl)cc1. The molecule has 3 rings (SSSR count). The highest BCUT2D eigenvalue weighted by molar-refractivity contribution is 8.18. The number of nitrogens with zero attached hydrogens (tertiary/aromatic N) is 1. The fourth-order valence-corrected chi connectivity index (χ4v) is 3.42. The third kappa shape index (κ3) is 4.33. The van der Waals surface area contributed by atoms with Crippen LogP contribution in [0.3, 0.4) is 0 Å². The van der Waals surface area contributed by atoms with E-state index in [4.69, 9.17) is 27.9 Å². The average Bonchev–Trinajstić information content (AvgIpc) is 2.87. The van der Waals surface area contributed by atoms with Gasteiger partial charge in [0.05, 0.1) is 11.4 Å². The number of amides is 2. The van der Waals surface area contributed by atoms with E-state index in [0.717, 1.165) is 16.7 Å². The van der Waals surface area contributed by atoms with Gasteiger partial charge in [-0.3, -0.25) is 14.5 Å². The van der Waals surface area contributed by atoms with Gasteiger partial charge in [0, 0.05) is 15.6 Å². The van der Waals surface area contributed by atoms with Crippen LogP contribution in [-0.2, 0) is 4.79 Å². The molecule has 0 saturated carbocycles. The number of phenolic OH excluding ortho intramolecular Hbond substituents is 1. The number of ether oxygens (including phenoxy) is 1. The van der Waals surface area contributed by atoms with Crippen LogP contribution >= 0.6 is 35.0 Å². The fraction of sp³-hybridized carbons (Fsp3) is 0.111. The molecular weight excluding hydrogens is 397 g/mol. The molecule has 134 valence electrons. The predicted octanol–water partition coefficient (Wildman–Crippen LogP) is 4.81. The van der Waals surface area contributed by atoms with Crippen LogP contribution < -0.4 is 4.74 Å². The Morgan fingerprint density at radius 1 is 1.08 bits per heavy atom. The van der Waals surface area contributed by atoms with Crippen molar-refractivity contribution < 1.29 is 19.4 Å². The highest BCUT2D eigenvalue weighted by Crippen LogP contribution is 2.34. The quantitative estimate of drug-likeness (QED) is 0.717. The van der Waals surface area contributed by atoms with E-state index >= 15 is 0 Å². The van der Waals surface area contributed by atoms with Gasteiger partial charge in [-0.05, 0) is 60.3 Å². The Bertz CT molecular complexity index is 883. The lowest BCUT2D eigenvalue weighted by Crippen LogP contribution is -2.32. The van der Waals surface area contributed by atoms with Crippen molar-refractivity contribution in [2.75, 3.05) is 13.2 Å². The molecule has 0 atom stereocenters. The lowest BCUT2D eigenvalue weighted by molar-refractivity contribution is -0.123. The van der Waals surface area contributed by atoms with Crippen LogP contribution in [0.5, 0.6) is 11.5 Å². The molecule has 26 heavy (non-hydrogen) atoms. The normalized spacial score (nSPS) is 15.8. The Morgan fingerprint density at radius 2 is 1.77 bits per heavy atom. The minimum Gasteiger partial charge on any atom is -0.507 e. The van der Waals surface area contributed by atoms with E-state index in [9.17, 15) is 14.7 Å². The van der Waals surface area contributed by atoms with Crippen LogP contribution in [0.4, 0.5) is 4.79 Å². The van der Waals surface area contributed by atoms with Crippen LogP contribution in [0, 0.1) is 0 Å². The van der Waals surface area contributed by atoms with E-state index in [1.807, 2.05) is 0 Å². The number of carbonyl (C=O) groups excluding carboxylic acids is 2. The first-order valence-corrected chi connectivity index (χ1v) is 9.13. The third-order valence-corrected chi connectivity index (χ3v) is 4.94. The number of hydrogen-bond donors (Lipinski definition) is 1. The van der Waals surface area contributed by atoms with Gasteiger partial charge in [0.15, 0.2) is 0 Å². The molecule has 0 bridgehead atoms. The summed E-state index contributed by atoms with van der Waals surface area (Å²) in [5.74, 6) is 0.145. The predicted molar refractivity (Wildman–Crippen MR) is 103 cm³/mol. The number of halogens is 2. The maximum Gasteiger partial charge on any atom is 0.293 e. The maximum absolute atomic E-state index is 12.4. The Hall–Kier alpha value is -2.15. The smallest absolute Gasteiger partial charge is 0.293 e. The van der Waals surface area contributed by atoms with Gasteiger partial charge in [-0.25, -0.2) is 0 Å². The Balaban J connectivity index is 1.66. The van der Waals surface area contributed by atoms with Crippen LogP contribution in [0.2, 0.25) is 10.0 Å². The zero-order valence-electron chi connectivity index (χ0n) is 13.3. The lowest BCUT2D eigenvalue weighted by Gasteiger charge is -2.13. The van der Waals surface area contributed by atoms with Crippen LogP contribution in [0.1, 0.15) is 5.56 Å². The standard InChI is InChI=1S/C18H13Cl2NO4S/c19-12-1-4-14(5-2-12)25-8-7-21-17(23)16(26-18(21)24)10-11-9-13(20)3-6-15(11)22/h1-6,9-10,22H,7-8H2/b16-10-. The van der Waals surface area contributed by atoms with Gasteiger partial charge in [-0.2, -0.15) is 0 Å². The molecule has 5 nitrogen and oxygen atoms in total. The number of aromatic hydroxyl groups is 1. The van der Waals surface area contributed by atoms with Crippen molar-refractivity contribution in [3.8, 4) is 11.5 Å². The number of rotatable bonds is 5. The molecule has 0 radical (unpaired) electrons. The molecule has 0 spiro atoms. The van der Waals surface area contributed by atoms with Crippen LogP contribution in [0.25, 0.3) is 6.08 Å². The van der Waals surface area contributed by atoms with Crippen molar-refractivity contribution in [3.63, 3.8) is 0 Å². The maximum atomic E-state index is 12.4. The van der Waals surface area contributed by atoms with Crippen molar-refractivity contribution in [2.24, 2.45) is 0 Å². The number of imide groups is 1. The summed E-state index contributed by atoms with van der Waals surface area (Å²) < 4.78 is 5.52. The second-order valence-corrected chi connectivity index (χ2v) is 7.20. The number of phenols is 1. The van der Waals surface area contributed by atoms with E-state index < -0.39 is 5.91 Å². The van der Waals surface area contributed by atoms with Gasteiger partial charge in [0.1, 0.15) is 18.1 Å². The molecule has 1 fully saturated rings.